The van der Waals surface area contributed by atoms with Gasteiger partial charge in [0, 0.05) is 12.7 Å². The number of Topliss-reactive ketones (excluding diaryl/α,β-unsaturated/α-hetero) is 1. The van der Waals surface area contributed by atoms with E-state index in [1.54, 1.807) is 12.1 Å². The van der Waals surface area contributed by atoms with E-state index in [0.717, 1.165) is 16.9 Å². The largest absolute Gasteiger partial charge is 0.343 e. The molecule has 0 saturated carbocycles. The fraction of sp³-hybridized carbons (Fsp3) is 0.125. The molecule has 0 unspecified atom stereocenters. The molecule has 1 heterocycles. The molecule has 3 rings (SSSR count). The molecule has 0 spiro atoms. The Morgan fingerprint density at radius 1 is 1.14 bits per heavy atom. The molecule has 0 bridgehead atoms. The number of halogens is 1. The minimum atomic E-state index is -0.614. The van der Waals surface area contributed by atoms with E-state index < -0.39 is 11.7 Å². The molecular weight excluding hydrogens is 288 g/mol. The van der Waals surface area contributed by atoms with Crippen molar-refractivity contribution in [1.82, 2.24) is 0 Å². The van der Waals surface area contributed by atoms with Crippen LogP contribution in [0.25, 0.3) is 0 Å². The third-order valence-corrected chi connectivity index (χ3v) is 3.84. The first kappa shape index (κ1) is 13.6. The summed E-state index contributed by atoms with van der Waals surface area (Å²) in [6, 6.07) is 11.3. The number of carbonyl (C=O) groups excluding carboxylic acids is 2. The van der Waals surface area contributed by atoms with Crippen LogP contribution in [0.4, 0.5) is 17.1 Å². The maximum absolute atomic E-state index is 11.7. The van der Waals surface area contributed by atoms with Gasteiger partial charge in [-0.3, -0.25) is 9.59 Å². The molecule has 2 aromatic rings. The van der Waals surface area contributed by atoms with Crippen LogP contribution in [0, 0.1) is 6.92 Å². The molecule has 0 fully saturated rings. The third kappa shape index (κ3) is 2.28. The lowest BCUT2D eigenvalue weighted by Gasteiger charge is -2.22. The lowest BCUT2D eigenvalue weighted by Crippen LogP contribution is -2.12. The van der Waals surface area contributed by atoms with Crippen LogP contribution in [0.15, 0.2) is 36.4 Å². The molecule has 5 heteroatoms. The summed E-state index contributed by atoms with van der Waals surface area (Å²) in [5.74, 6) is -1.16. The normalized spacial score (nSPS) is 13.1. The van der Waals surface area contributed by atoms with Crippen LogP contribution in [-0.2, 0) is 4.79 Å². The number of nitrogens with one attached hydrogen (secondary N) is 1. The van der Waals surface area contributed by atoms with E-state index in [9.17, 15) is 9.59 Å². The highest BCUT2D eigenvalue weighted by Gasteiger charge is 2.29. The van der Waals surface area contributed by atoms with Gasteiger partial charge < -0.3 is 10.2 Å². The Labute approximate surface area is 127 Å². The molecular formula is C16H13ClN2O2. The van der Waals surface area contributed by atoms with Gasteiger partial charge in [0.15, 0.2) is 0 Å². The Morgan fingerprint density at radius 3 is 2.62 bits per heavy atom. The van der Waals surface area contributed by atoms with Crippen LogP contribution < -0.4 is 10.2 Å². The van der Waals surface area contributed by atoms with Gasteiger partial charge in [0.05, 0.1) is 22.0 Å². The van der Waals surface area contributed by atoms with Crippen LogP contribution in [-0.4, -0.2) is 18.7 Å². The molecule has 0 atom stereocenters. The fourth-order valence-electron chi connectivity index (χ4n) is 2.39. The number of carbonyl (C=O) groups is 2. The van der Waals surface area contributed by atoms with Gasteiger partial charge in [-0.2, -0.15) is 0 Å². The number of ketones is 1. The molecule has 1 aliphatic heterocycles. The second-order valence-electron chi connectivity index (χ2n) is 5.03. The minimum Gasteiger partial charge on any atom is -0.343 e. The van der Waals surface area contributed by atoms with E-state index in [1.165, 1.54) is 0 Å². The summed E-state index contributed by atoms with van der Waals surface area (Å²) in [4.78, 5) is 25.0. The predicted molar refractivity (Wildman–Crippen MR) is 83.7 cm³/mol. The maximum Gasteiger partial charge on any atom is 0.296 e. The lowest BCUT2D eigenvalue weighted by atomic mass is 10.1. The van der Waals surface area contributed by atoms with Crippen LogP contribution in [0.5, 0.6) is 0 Å². The van der Waals surface area contributed by atoms with E-state index in [1.807, 2.05) is 43.1 Å². The summed E-state index contributed by atoms with van der Waals surface area (Å²) in [6.07, 6.45) is 0. The van der Waals surface area contributed by atoms with Gasteiger partial charge in [0.2, 0.25) is 0 Å². The van der Waals surface area contributed by atoms with Gasteiger partial charge in [-0.25, -0.2) is 0 Å². The Morgan fingerprint density at radius 2 is 1.90 bits per heavy atom. The van der Waals surface area contributed by atoms with E-state index in [0.29, 0.717) is 16.3 Å². The van der Waals surface area contributed by atoms with Crippen molar-refractivity contribution in [3.8, 4) is 0 Å². The maximum atomic E-state index is 11.7. The highest BCUT2D eigenvalue weighted by Crippen LogP contribution is 2.37. The van der Waals surface area contributed by atoms with Crippen molar-refractivity contribution in [2.45, 2.75) is 6.92 Å². The van der Waals surface area contributed by atoms with Gasteiger partial charge in [-0.05, 0) is 36.8 Å². The van der Waals surface area contributed by atoms with Crippen molar-refractivity contribution < 1.29 is 9.59 Å². The number of hydrogen-bond acceptors (Lipinski definition) is 3. The van der Waals surface area contributed by atoms with E-state index in [4.69, 9.17) is 11.6 Å². The van der Waals surface area contributed by atoms with E-state index in [2.05, 4.69) is 5.32 Å². The zero-order valence-electron chi connectivity index (χ0n) is 11.6. The molecule has 106 valence electrons. The molecule has 2 aromatic carbocycles. The number of amides is 1. The van der Waals surface area contributed by atoms with E-state index in [-0.39, 0.29) is 0 Å². The molecule has 21 heavy (non-hydrogen) atoms. The quantitative estimate of drug-likeness (QED) is 0.863. The van der Waals surface area contributed by atoms with Crippen molar-refractivity contribution in [1.29, 1.82) is 0 Å². The van der Waals surface area contributed by atoms with Crippen molar-refractivity contribution in [3.63, 3.8) is 0 Å². The highest BCUT2D eigenvalue weighted by atomic mass is 35.5. The van der Waals surface area contributed by atoms with Crippen LogP contribution >= 0.6 is 11.6 Å². The van der Waals surface area contributed by atoms with Crippen LogP contribution in [0.2, 0.25) is 5.02 Å². The number of rotatable bonds is 2. The van der Waals surface area contributed by atoms with Gasteiger partial charge in [-0.15, -0.1) is 0 Å². The molecule has 1 amide bonds. The highest BCUT2D eigenvalue weighted by molar-refractivity contribution is 6.52. The molecule has 1 N–H and O–H groups in total. The number of nitrogens with zero attached hydrogens (tertiary/aromatic N) is 1. The third-order valence-electron chi connectivity index (χ3n) is 3.54. The van der Waals surface area contributed by atoms with Crippen molar-refractivity contribution in [2.75, 3.05) is 17.3 Å². The number of aryl methyl sites for hydroxylation is 1. The van der Waals surface area contributed by atoms with Gasteiger partial charge in [0.25, 0.3) is 11.7 Å². The summed E-state index contributed by atoms with van der Waals surface area (Å²) in [5.41, 5.74) is 3.68. The smallest absolute Gasteiger partial charge is 0.296 e. The Hall–Kier alpha value is -2.33. The average Bonchev–Trinajstić information content (AvgIpc) is 2.73. The van der Waals surface area contributed by atoms with E-state index >= 15 is 0 Å². The number of anilines is 3. The molecule has 4 nitrogen and oxygen atoms in total. The summed E-state index contributed by atoms with van der Waals surface area (Å²) < 4.78 is 0. The number of benzene rings is 2. The summed E-state index contributed by atoms with van der Waals surface area (Å²) >= 11 is 6.27. The molecule has 1 aliphatic rings. The van der Waals surface area contributed by atoms with Gasteiger partial charge >= 0.3 is 0 Å². The molecule has 0 aliphatic carbocycles. The first-order chi connectivity index (χ1) is 9.97. The van der Waals surface area contributed by atoms with Crippen molar-refractivity contribution in [3.05, 3.63) is 52.5 Å². The summed E-state index contributed by atoms with van der Waals surface area (Å²) in [6.45, 7) is 2.01. The van der Waals surface area contributed by atoms with Crippen molar-refractivity contribution >= 4 is 40.4 Å². The second kappa shape index (κ2) is 4.90. The van der Waals surface area contributed by atoms with Gasteiger partial charge in [0.1, 0.15) is 0 Å². The number of fused-ring (bicyclic) bond motifs is 1. The predicted octanol–water partition coefficient (Wildman–Crippen LogP) is 3.55. The van der Waals surface area contributed by atoms with Gasteiger partial charge in [-0.1, -0.05) is 23.7 Å². The average molecular weight is 301 g/mol. The zero-order valence-corrected chi connectivity index (χ0v) is 12.4. The Bertz CT molecular complexity index is 771. The topological polar surface area (TPSA) is 49.4 Å². The molecule has 0 saturated heterocycles. The summed E-state index contributed by atoms with van der Waals surface area (Å²) in [5, 5.41) is 2.99. The molecule has 0 aromatic heterocycles. The first-order valence-electron chi connectivity index (χ1n) is 6.47. The van der Waals surface area contributed by atoms with Crippen LogP contribution in [0.3, 0.4) is 0 Å². The molecule has 0 radical (unpaired) electrons. The second-order valence-corrected chi connectivity index (χ2v) is 5.44. The lowest BCUT2D eigenvalue weighted by molar-refractivity contribution is -0.112. The number of hydrogen-bond donors (Lipinski definition) is 1. The first-order valence-corrected chi connectivity index (χ1v) is 6.85. The minimum absolute atomic E-state index is 0.325. The Kier molecular flexibility index (Phi) is 3.18. The standard InChI is InChI=1S/C16H13ClN2O2/c1-9-4-3-5-10(6-9)19(2)14-8-13-11(7-12(14)17)15(20)16(21)18-13/h3-8H,1-2H3,(H,18,20,21). The Balaban J connectivity index is 2.06. The SMILES string of the molecule is Cc1cccc(N(C)c2cc3c(cc2Cl)C(=O)C(=O)N3)c1. The van der Waals surface area contributed by atoms with Crippen LogP contribution in [0.1, 0.15) is 15.9 Å². The monoisotopic (exact) mass is 300 g/mol. The summed E-state index contributed by atoms with van der Waals surface area (Å²) in [7, 11) is 1.89. The fourth-order valence-corrected chi connectivity index (χ4v) is 2.68. The zero-order chi connectivity index (χ0) is 15.1. The van der Waals surface area contributed by atoms with Crippen molar-refractivity contribution in [2.24, 2.45) is 0 Å².